The summed E-state index contributed by atoms with van der Waals surface area (Å²) in [6.07, 6.45) is 2.42. The average molecular weight is 222 g/mol. The molecule has 1 aliphatic rings. The summed E-state index contributed by atoms with van der Waals surface area (Å²) < 4.78 is 1.54. The van der Waals surface area contributed by atoms with Crippen molar-refractivity contribution in [2.24, 2.45) is 13.0 Å². The van der Waals surface area contributed by atoms with Crippen LogP contribution in [0.5, 0.6) is 0 Å². The van der Waals surface area contributed by atoms with Crippen LogP contribution in [-0.2, 0) is 7.05 Å². The highest BCUT2D eigenvalue weighted by atomic mass is 16.2. The zero-order chi connectivity index (χ0) is 11.9. The minimum Gasteiger partial charge on any atom is -0.395 e. The molecule has 3 N–H and O–H groups in total. The Morgan fingerprint density at radius 1 is 1.62 bits per heavy atom. The summed E-state index contributed by atoms with van der Waals surface area (Å²) in [4.78, 5) is 12.0. The molecule has 1 atom stereocenters. The van der Waals surface area contributed by atoms with Crippen molar-refractivity contribution < 1.29 is 4.79 Å². The van der Waals surface area contributed by atoms with E-state index in [9.17, 15) is 4.79 Å². The highest BCUT2D eigenvalue weighted by molar-refractivity contribution is 5.98. The fourth-order valence-corrected chi connectivity index (χ4v) is 1.93. The Morgan fingerprint density at radius 3 is 2.69 bits per heavy atom. The van der Waals surface area contributed by atoms with Gasteiger partial charge in [0.05, 0.1) is 11.4 Å². The van der Waals surface area contributed by atoms with Gasteiger partial charge < -0.3 is 11.1 Å². The van der Waals surface area contributed by atoms with Crippen LogP contribution < -0.4 is 11.1 Å². The third-order valence-corrected chi connectivity index (χ3v) is 3.17. The normalized spacial score (nSPS) is 17.2. The molecule has 0 bridgehead atoms. The maximum absolute atomic E-state index is 12.0. The number of carbonyl (C=O) groups excluding carboxylic acids is 1. The van der Waals surface area contributed by atoms with E-state index in [-0.39, 0.29) is 11.9 Å². The van der Waals surface area contributed by atoms with Crippen LogP contribution in [0.1, 0.15) is 35.9 Å². The molecular weight excluding hydrogens is 204 g/mol. The topological polar surface area (TPSA) is 72.9 Å². The fraction of sp³-hybridized carbons (Fsp3) is 0.636. The van der Waals surface area contributed by atoms with Crippen LogP contribution in [0, 0.1) is 12.8 Å². The second kappa shape index (κ2) is 3.81. The molecule has 0 spiro atoms. The number of rotatable bonds is 3. The fourth-order valence-electron chi connectivity index (χ4n) is 1.93. The average Bonchev–Trinajstić information content (AvgIpc) is 2.96. The maximum Gasteiger partial charge on any atom is 0.271 e. The molecule has 0 saturated heterocycles. The van der Waals surface area contributed by atoms with Gasteiger partial charge in [-0.05, 0) is 32.6 Å². The number of nitrogens with one attached hydrogen (secondary N) is 1. The number of anilines is 1. The minimum atomic E-state index is -0.125. The summed E-state index contributed by atoms with van der Waals surface area (Å²) in [5.74, 6) is 0.513. The first-order valence-electron chi connectivity index (χ1n) is 5.60. The van der Waals surface area contributed by atoms with Crippen LogP contribution in [0.3, 0.4) is 0 Å². The van der Waals surface area contributed by atoms with E-state index in [4.69, 9.17) is 5.73 Å². The van der Waals surface area contributed by atoms with Crippen molar-refractivity contribution in [1.29, 1.82) is 0 Å². The predicted molar refractivity (Wildman–Crippen MR) is 62.0 cm³/mol. The lowest BCUT2D eigenvalue weighted by Gasteiger charge is -2.13. The van der Waals surface area contributed by atoms with Crippen LogP contribution in [0.15, 0.2) is 0 Å². The molecular formula is C11H18N4O. The number of aryl methyl sites for hydroxylation is 2. The number of hydrogen-bond acceptors (Lipinski definition) is 3. The van der Waals surface area contributed by atoms with Gasteiger partial charge in [0.1, 0.15) is 5.69 Å². The first-order valence-corrected chi connectivity index (χ1v) is 5.60. The predicted octanol–water partition coefficient (Wildman–Crippen LogP) is 0.839. The summed E-state index contributed by atoms with van der Waals surface area (Å²) in [6.45, 7) is 3.84. The minimum absolute atomic E-state index is 0.125. The SMILES string of the molecule is Cc1nn(C)c(C(=O)NC(C)C2CC2)c1N. The highest BCUT2D eigenvalue weighted by Gasteiger charge is 2.30. The molecule has 2 rings (SSSR count). The van der Waals surface area contributed by atoms with Gasteiger partial charge in [-0.3, -0.25) is 9.48 Å². The van der Waals surface area contributed by atoms with Crippen LogP contribution in [-0.4, -0.2) is 21.7 Å². The third kappa shape index (κ3) is 1.89. The lowest BCUT2D eigenvalue weighted by molar-refractivity contribution is 0.0927. The summed E-state index contributed by atoms with van der Waals surface area (Å²) in [7, 11) is 1.74. The Balaban J connectivity index is 2.13. The van der Waals surface area contributed by atoms with Gasteiger partial charge in [0.25, 0.3) is 5.91 Å². The van der Waals surface area contributed by atoms with Gasteiger partial charge in [-0.25, -0.2) is 0 Å². The molecule has 5 heteroatoms. The van der Waals surface area contributed by atoms with Gasteiger partial charge in [-0.1, -0.05) is 0 Å². The molecule has 1 aliphatic carbocycles. The monoisotopic (exact) mass is 222 g/mol. The van der Waals surface area contributed by atoms with Crippen molar-refractivity contribution in [2.75, 3.05) is 5.73 Å². The highest BCUT2D eigenvalue weighted by Crippen LogP contribution is 2.32. The van der Waals surface area contributed by atoms with Gasteiger partial charge in [0.15, 0.2) is 0 Å². The number of aromatic nitrogens is 2. The van der Waals surface area contributed by atoms with Crippen LogP contribution in [0.4, 0.5) is 5.69 Å². The van der Waals surface area contributed by atoms with Crippen LogP contribution in [0.25, 0.3) is 0 Å². The molecule has 1 aromatic heterocycles. The van der Waals surface area contributed by atoms with Crippen LogP contribution >= 0.6 is 0 Å². The second-order valence-corrected chi connectivity index (χ2v) is 4.57. The van der Waals surface area contributed by atoms with Crippen molar-refractivity contribution in [3.05, 3.63) is 11.4 Å². The molecule has 1 saturated carbocycles. The molecule has 0 aromatic carbocycles. The summed E-state index contributed by atoms with van der Waals surface area (Å²) in [5, 5.41) is 7.10. The van der Waals surface area contributed by atoms with Crippen LogP contribution in [0.2, 0.25) is 0 Å². The Labute approximate surface area is 95.0 Å². The molecule has 1 fully saturated rings. The Bertz CT molecular complexity index is 420. The molecule has 1 heterocycles. The van der Waals surface area contributed by atoms with E-state index in [0.29, 0.717) is 23.0 Å². The number of amides is 1. The number of carbonyl (C=O) groups is 1. The Morgan fingerprint density at radius 2 is 2.25 bits per heavy atom. The molecule has 1 unspecified atom stereocenters. The Hall–Kier alpha value is -1.52. The van der Waals surface area contributed by atoms with Crippen molar-refractivity contribution in [2.45, 2.75) is 32.7 Å². The first kappa shape index (κ1) is 11.0. The van der Waals surface area contributed by atoms with E-state index in [1.807, 2.05) is 6.92 Å². The van der Waals surface area contributed by atoms with Gasteiger partial charge in [0, 0.05) is 13.1 Å². The quantitative estimate of drug-likeness (QED) is 0.796. The molecule has 1 aromatic rings. The van der Waals surface area contributed by atoms with E-state index in [2.05, 4.69) is 10.4 Å². The van der Waals surface area contributed by atoms with E-state index in [1.54, 1.807) is 18.7 Å². The van der Waals surface area contributed by atoms with Crippen molar-refractivity contribution >= 4 is 11.6 Å². The lowest BCUT2D eigenvalue weighted by atomic mass is 10.2. The summed E-state index contributed by atoms with van der Waals surface area (Å²) >= 11 is 0. The largest absolute Gasteiger partial charge is 0.395 e. The molecule has 0 radical (unpaired) electrons. The summed E-state index contributed by atoms with van der Waals surface area (Å²) in [6, 6.07) is 0.224. The van der Waals surface area contributed by atoms with Gasteiger partial charge >= 0.3 is 0 Å². The first-order chi connectivity index (χ1) is 7.50. The molecule has 0 aliphatic heterocycles. The smallest absolute Gasteiger partial charge is 0.271 e. The third-order valence-electron chi connectivity index (χ3n) is 3.17. The number of nitrogens with two attached hydrogens (primary N) is 1. The standard InChI is InChI=1S/C11H18N4O/c1-6(8-4-5-8)13-11(16)10-9(12)7(2)14-15(10)3/h6,8H,4-5,12H2,1-3H3,(H,13,16). The second-order valence-electron chi connectivity index (χ2n) is 4.57. The van der Waals surface area contributed by atoms with E-state index < -0.39 is 0 Å². The van der Waals surface area contributed by atoms with Gasteiger partial charge in [-0.15, -0.1) is 0 Å². The zero-order valence-corrected chi connectivity index (χ0v) is 9.95. The van der Waals surface area contributed by atoms with E-state index in [1.165, 1.54) is 12.8 Å². The number of nitrogens with zero attached hydrogens (tertiary/aromatic N) is 2. The zero-order valence-electron chi connectivity index (χ0n) is 9.95. The number of nitrogen functional groups attached to an aromatic ring is 1. The molecule has 16 heavy (non-hydrogen) atoms. The maximum atomic E-state index is 12.0. The Kier molecular flexibility index (Phi) is 2.61. The molecule has 5 nitrogen and oxygen atoms in total. The summed E-state index contributed by atoms with van der Waals surface area (Å²) in [5.41, 5.74) is 7.47. The van der Waals surface area contributed by atoms with Crippen molar-refractivity contribution in [3.8, 4) is 0 Å². The van der Waals surface area contributed by atoms with Crippen molar-refractivity contribution in [1.82, 2.24) is 15.1 Å². The van der Waals surface area contributed by atoms with Crippen molar-refractivity contribution in [3.63, 3.8) is 0 Å². The van der Waals surface area contributed by atoms with E-state index in [0.717, 1.165) is 0 Å². The van der Waals surface area contributed by atoms with Gasteiger partial charge in [-0.2, -0.15) is 5.10 Å². The number of hydrogen-bond donors (Lipinski definition) is 2. The lowest BCUT2D eigenvalue weighted by Crippen LogP contribution is -2.35. The van der Waals surface area contributed by atoms with Gasteiger partial charge in [0.2, 0.25) is 0 Å². The molecule has 1 amide bonds. The molecule has 88 valence electrons. The van der Waals surface area contributed by atoms with E-state index >= 15 is 0 Å².